The fourth-order valence-corrected chi connectivity index (χ4v) is 11.5. The van der Waals surface area contributed by atoms with E-state index < -0.39 is 8.07 Å². The Labute approximate surface area is 390 Å². The monoisotopic (exact) mass is 1020 g/mol. The van der Waals surface area contributed by atoms with Crippen LogP contribution in [0.3, 0.4) is 0 Å². The third kappa shape index (κ3) is 10.4. The molecule has 2 fully saturated rings. The molecular formula is C58H60IrN2OSi-2. The average molecular weight is 1020 g/mol. The summed E-state index contributed by atoms with van der Waals surface area (Å²) in [5, 5.41) is 3.74. The Balaban J connectivity index is 0.000000184. The van der Waals surface area contributed by atoms with Crippen LogP contribution >= 0.6 is 0 Å². The normalized spacial score (nSPS) is 14.6. The van der Waals surface area contributed by atoms with Gasteiger partial charge in [0.2, 0.25) is 0 Å². The first-order valence-electron chi connectivity index (χ1n) is 23.2. The van der Waals surface area contributed by atoms with Gasteiger partial charge in [0.05, 0.1) is 13.7 Å². The summed E-state index contributed by atoms with van der Waals surface area (Å²) in [5.41, 5.74) is 15.0. The van der Waals surface area contributed by atoms with Crippen LogP contribution in [0.1, 0.15) is 87.8 Å². The molecule has 2 aliphatic carbocycles. The maximum atomic E-state index is 6.50. The summed E-state index contributed by atoms with van der Waals surface area (Å²) in [6, 6.07) is 50.1. The zero-order chi connectivity index (χ0) is 42.6. The Hall–Kier alpha value is -4.93. The summed E-state index contributed by atoms with van der Waals surface area (Å²) < 4.78 is 6.50. The van der Waals surface area contributed by atoms with E-state index in [0.717, 1.165) is 74.7 Å². The number of hydrogen-bond donors (Lipinski definition) is 0. The Morgan fingerprint density at radius 2 is 1.35 bits per heavy atom. The van der Waals surface area contributed by atoms with Gasteiger partial charge in [0.15, 0.2) is 0 Å². The second-order valence-corrected chi connectivity index (χ2v) is 24.4. The van der Waals surface area contributed by atoms with Crippen LogP contribution in [-0.4, -0.2) is 18.0 Å². The number of fused-ring (bicyclic) bond motifs is 3. The standard InChI is InChI=1S/C35H28NO.C23H32NSi.Ir/c1-2-9-26(10-3-1)27-13-15-28(16-14-27)29-17-18-30-31-11-6-12-32(35(31)37-34(30)23-29)33-22-25(19-20-36-33)21-24-7-4-5-8-24;1-17(2)13-21-15-22(24-16-23(21)25(3,4)5)20-12-8-11-19(14-20)18-9-6-7-10-18;/h1-3,6,9-11,13-20,22-24H,4-5,7-8,21H2;8,11,14-18H,6-7,9-10,13H2,1-5H3;/q2*-1;. The average Bonchev–Trinajstić information content (AvgIpc) is 4.09. The summed E-state index contributed by atoms with van der Waals surface area (Å²) >= 11 is 0. The number of hydrogen-bond acceptors (Lipinski definition) is 3. The van der Waals surface area contributed by atoms with Crippen LogP contribution in [0.2, 0.25) is 19.6 Å². The van der Waals surface area contributed by atoms with E-state index in [4.69, 9.17) is 14.4 Å². The number of benzene rings is 5. The van der Waals surface area contributed by atoms with Crippen LogP contribution in [-0.2, 0) is 32.9 Å². The molecule has 0 N–H and O–H groups in total. The van der Waals surface area contributed by atoms with Crippen molar-refractivity contribution in [3.63, 3.8) is 0 Å². The van der Waals surface area contributed by atoms with Gasteiger partial charge in [-0.15, -0.1) is 53.6 Å². The predicted octanol–water partition coefficient (Wildman–Crippen LogP) is 15.5. The molecule has 0 saturated heterocycles. The summed E-state index contributed by atoms with van der Waals surface area (Å²) in [7, 11) is -1.37. The van der Waals surface area contributed by atoms with Crippen molar-refractivity contribution in [1.29, 1.82) is 0 Å². The van der Waals surface area contributed by atoms with Crippen LogP contribution in [0.5, 0.6) is 0 Å². The fourth-order valence-electron chi connectivity index (χ4n) is 9.96. The van der Waals surface area contributed by atoms with Gasteiger partial charge in [-0.2, -0.15) is 0 Å². The molecule has 1 radical (unpaired) electrons. The quantitative estimate of drug-likeness (QED) is 0.101. The minimum Gasteiger partial charge on any atom is -0.501 e. The molecule has 2 aliphatic rings. The molecule has 3 nitrogen and oxygen atoms in total. The fraction of sp³-hybridized carbons (Fsp3) is 0.310. The van der Waals surface area contributed by atoms with E-state index in [0.29, 0.717) is 5.92 Å². The number of nitrogens with zero attached hydrogens (tertiary/aromatic N) is 2. The number of rotatable bonds is 10. The van der Waals surface area contributed by atoms with Gasteiger partial charge in [-0.1, -0.05) is 173 Å². The molecule has 63 heavy (non-hydrogen) atoms. The van der Waals surface area contributed by atoms with Crippen LogP contribution < -0.4 is 5.19 Å². The summed E-state index contributed by atoms with van der Waals surface area (Å²) in [6.45, 7) is 11.9. The maximum absolute atomic E-state index is 6.50. The maximum Gasteiger partial charge on any atom is 0.121 e. The van der Waals surface area contributed by atoms with Gasteiger partial charge >= 0.3 is 0 Å². The van der Waals surface area contributed by atoms with Crippen molar-refractivity contribution in [3.05, 3.63) is 163 Å². The van der Waals surface area contributed by atoms with E-state index in [9.17, 15) is 0 Å². The first-order valence-corrected chi connectivity index (χ1v) is 26.7. The number of aromatic nitrogens is 2. The van der Waals surface area contributed by atoms with E-state index in [1.165, 1.54) is 89.9 Å². The topological polar surface area (TPSA) is 38.9 Å². The molecule has 3 heterocycles. The molecule has 10 rings (SSSR count). The van der Waals surface area contributed by atoms with Gasteiger partial charge in [-0.3, -0.25) is 0 Å². The molecule has 323 valence electrons. The van der Waals surface area contributed by atoms with Gasteiger partial charge in [0.25, 0.3) is 0 Å². The van der Waals surface area contributed by atoms with E-state index in [-0.39, 0.29) is 20.1 Å². The molecule has 0 bridgehead atoms. The summed E-state index contributed by atoms with van der Waals surface area (Å²) in [4.78, 5) is 9.57. The van der Waals surface area contributed by atoms with E-state index in [1.54, 1.807) is 0 Å². The van der Waals surface area contributed by atoms with Crippen molar-refractivity contribution < 1.29 is 24.5 Å². The summed E-state index contributed by atoms with van der Waals surface area (Å²) in [6.07, 6.45) is 17.2. The second kappa shape index (κ2) is 19.8. The van der Waals surface area contributed by atoms with E-state index in [1.807, 2.05) is 18.3 Å². The van der Waals surface area contributed by atoms with E-state index >= 15 is 0 Å². The number of pyridine rings is 2. The Morgan fingerprint density at radius 1 is 0.667 bits per heavy atom. The molecule has 5 aromatic carbocycles. The smallest absolute Gasteiger partial charge is 0.121 e. The summed E-state index contributed by atoms with van der Waals surface area (Å²) in [5.74, 6) is 2.21. The second-order valence-electron chi connectivity index (χ2n) is 19.3. The molecule has 0 amide bonds. The minimum atomic E-state index is -1.37. The third-order valence-electron chi connectivity index (χ3n) is 13.2. The molecule has 0 aliphatic heterocycles. The van der Waals surface area contributed by atoms with Crippen molar-refractivity contribution in [2.45, 2.75) is 104 Å². The molecule has 5 heteroatoms. The largest absolute Gasteiger partial charge is 0.501 e. The SMILES string of the molecule is CC(C)Cc1cc(-c2[c-]ccc(C3CCCC3)c2)ncc1[Si](C)(C)C.[Ir].[c-]1ccc2c(oc3cc(-c4ccc(-c5ccccc5)cc4)ccc32)c1-c1cc(CC2CCCC2)ccn1. The van der Waals surface area contributed by atoms with Crippen molar-refractivity contribution >= 4 is 35.2 Å². The van der Waals surface area contributed by atoms with Crippen LogP contribution in [0.25, 0.3) is 66.7 Å². The Kier molecular flexibility index (Phi) is 14.1. The van der Waals surface area contributed by atoms with Crippen molar-refractivity contribution in [3.8, 4) is 44.8 Å². The Bertz CT molecular complexity index is 2770. The van der Waals surface area contributed by atoms with Gasteiger partial charge in [-0.05, 0) is 94.4 Å². The molecule has 0 spiro atoms. The van der Waals surface area contributed by atoms with Crippen LogP contribution in [0, 0.1) is 24.0 Å². The van der Waals surface area contributed by atoms with Crippen molar-refractivity contribution in [2.75, 3.05) is 0 Å². The number of furan rings is 1. The first-order chi connectivity index (χ1) is 30.2. The molecule has 2 saturated carbocycles. The van der Waals surface area contributed by atoms with Gasteiger partial charge in [0.1, 0.15) is 5.58 Å². The minimum absolute atomic E-state index is 0. The molecule has 3 aromatic heterocycles. The van der Waals surface area contributed by atoms with Gasteiger partial charge in [-0.25, -0.2) is 0 Å². The zero-order valence-corrected chi connectivity index (χ0v) is 41.0. The molecule has 0 atom stereocenters. The van der Waals surface area contributed by atoms with Gasteiger partial charge < -0.3 is 14.4 Å². The molecule has 8 aromatic rings. The van der Waals surface area contributed by atoms with Crippen molar-refractivity contribution in [2.24, 2.45) is 11.8 Å². The molecular weight excluding hydrogens is 961 g/mol. The van der Waals surface area contributed by atoms with Gasteiger partial charge in [0, 0.05) is 37.9 Å². The predicted molar refractivity (Wildman–Crippen MR) is 264 cm³/mol. The van der Waals surface area contributed by atoms with Crippen molar-refractivity contribution in [1.82, 2.24) is 9.97 Å². The Morgan fingerprint density at radius 3 is 2.08 bits per heavy atom. The zero-order valence-electron chi connectivity index (χ0n) is 37.6. The van der Waals surface area contributed by atoms with Crippen LogP contribution in [0.4, 0.5) is 0 Å². The first kappa shape index (κ1) is 44.7. The van der Waals surface area contributed by atoms with Crippen LogP contribution in [0.15, 0.2) is 138 Å². The molecule has 0 unspecified atom stereocenters. The van der Waals surface area contributed by atoms with E-state index in [2.05, 4.69) is 161 Å². The third-order valence-corrected chi connectivity index (χ3v) is 15.3.